The molecule has 2 unspecified atom stereocenters. The summed E-state index contributed by atoms with van der Waals surface area (Å²) in [6, 6.07) is 0.608. The summed E-state index contributed by atoms with van der Waals surface area (Å²) < 4.78 is 0. The van der Waals surface area contributed by atoms with Gasteiger partial charge in [-0.3, -0.25) is 5.43 Å². The highest BCUT2D eigenvalue weighted by Gasteiger charge is 2.30. The first kappa shape index (κ1) is 9.94. The molecule has 0 spiro atoms. The van der Waals surface area contributed by atoms with Crippen LogP contribution in [0.5, 0.6) is 0 Å². The predicted octanol–water partition coefficient (Wildman–Crippen LogP) is 2.11. The van der Waals surface area contributed by atoms with Crippen molar-refractivity contribution in [3.8, 4) is 0 Å². The highest BCUT2D eigenvalue weighted by Crippen LogP contribution is 2.22. The van der Waals surface area contributed by atoms with Gasteiger partial charge in [0.2, 0.25) is 0 Å². The van der Waals surface area contributed by atoms with Gasteiger partial charge >= 0.3 is 0 Å². The van der Waals surface area contributed by atoms with E-state index in [0.717, 1.165) is 6.54 Å². The summed E-state index contributed by atoms with van der Waals surface area (Å²) in [7, 11) is 0. The Kier molecular flexibility index (Phi) is 3.38. The van der Waals surface area contributed by atoms with Gasteiger partial charge in [0.1, 0.15) is 0 Å². The monoisotopic (exact) mass is 192 g/mol. The standard InChI is InChI=1S/C12H20N2/c1-2-3-6-9-14-12-8-5-4-7-11(12)10-13-14/h4-5,7-8,11-13H,2-3,6,9-10H2,1H3. The molecule has 1 N–H and O–H groups in total. The Labute approximate surface area is 86.6 Å². The number of rotatable bonds is 4. The maximum Gasteiger partial charge on any atom is 0.0502 e. The molecule has 0 aromatic carbocycles. The van der Waals surface area contributed by atoms with E-state index in [1.165, 1.54) is 25.8 Å². The van der Waals surface area contributed by atoms with Crippen LogP contribution in [0.15, 0.2) is 24.3 Å². The fraction of sp³-hybridized carbons (Fsp3) is 0.667. The van der Waals surface area contributed by atoms with Gasteiger partial charge in [0.05, 0.1) is 6.04 Å². The third kappa shape index (κ3) is 2.07. The predicted molar refractivity (Wildman–Crippen MR) is 59.8 cm³/mol. The van der Waals surface area contributed by atoms with Crippen molar-refractivity contribution in [2.24, 2.45) is 5.92 Å². The van der Waals surface area contributed by atoms with Crippen LogP contribution in [0, 0.1) is 5.92 Å². The highest BCUT2D eigenvalue weighted by molar-refractivity contribution is 5.19. The van der Waals surface area contributed by atoms with Crippen LogP contribution >= 0.6 is 0 Å². The number of nitrogens with one attached hydrogen (secondary N) is 1. The number of fused-ring (bicyclic) bond motifs is 1. The average Bonchev–Trinajstić information content (AvgIpc) is 2.63. The molecular weight excluding hydrogens is 172 g/mol. The first-order valence-electron chi connectivity index (χ1n) is 5.77. The molecule has 2 nitrogen and oxygen atoms in total. The van der Waals surface area contributed by atoms with Crippen LogP contribution in [0.25, 0.3) is 0 Å². The Morgan fingerprint density at radius 1 is 1.29 bits per heavy atom. The molecule has 1 fully saturated rings. The fourth-order valence-electron chi connectivity index (χ4n) is 2.25. The van der Waals surface area contributed by atoms with Crippen LogP contribution in [0.1, 0.15) is 26.2 Å². The number of hydrazine groups is 1. The minimum Gasteiger partial charge on any atom is -0.254 e. The van der Waals surface area contributed by atoms with E-state index in [9.17, 15) is 0 Å². The molecule has 2 heteroatoms. The van der Waals surface area contributed by atoms with E-state index in [0.29, 0.717) is 12.0 Å². The molecule has 1 heterocycles. The number of unbranched alkanes of at least 4 members (excludes halogenated alkanes) is 2. The van der Waals surface area contributed by atoms with Crippen molar-refractivity contribution >= 4 is 0 Å². The lowest BCUT2D eigenvalue weighted by Crippen LogP contribution is -2.38. The molecule has 2 atom stereocenters. The second-order valence-electron chi connectivity index (χ2n) is 4.19. The summed E-state index contributed by atoms with van der Waals surface area (Å²) in [5.41, 5.74) is 3.49. The third-order valence-corrected chi connectivity index (χ3v) is 3.11. The van der Waals surface area contributed by atoms with E-state index in [4.69, 9.17) is 0 Å². The maximum atomic E-state index is 3.49. The summed E-state index contributed by atoms with van der Waals surface area (Å²) in [6.07, 6.45) is 12.9. The molecule has 0 bridgehead atoms. The molecule has 2 rings (SSSR count). The highest BCUT2D eigenvalue weighted by atomic mass is 15.5. The zero-order valence-electron chi connectivity index (χ0n) is 8.95. The molecule has 1 aliphatic heterocycles. The minimum atomic E-state index is 0.608. The van der Waals surface area contributed by atoms with Gasteiger partial charge in [-0.2, -0.15) is 0 Å². The van der Waals surface area contributed by atoms with E-state index >= 15 is 0 Å². The second kappa shape index (κ2) is 4.76. The lowest BCUT2D eigenvalue weighted by molar-refractivity contribution is 0.203. The lowest BCUT2D eigenvalue weighted by Gasteiger charge is -2.24. The van der Waals surface area contributed by atoms with Gasteiger partial charge in [-0.1, -0.05) is 44.1 Å². The SMILES string of the molecule is CCCCCN1NCC2C=CC=CC21. The van der Waals surface area contributed by atoms with Crippen LogP contribution in [-0.4, -0.2) is 24.1 Å². The van der Waals surface area contributed by atoms with E-state index in [-0.39, 0.29) is 0 Å². The van der Waals surface area contributed by atoms with Crippen LogP contribution in [0.3, 0.4) is 0 Å². The first-order chi connectivity index (χ1) is 6.92. The summed E-state index contributed by atoms with van der Waals surface area (Å²) >= 11 is 0. The summed E-state index contributed by atoms with van der Waals surface area (Å²) in [5.74, 6) is 0.696. The van der Waals surface area contributed by atoms with Crippen molar-refractivity contribution in [1.82, 2.24) is 10.4 Å². The molecule has 0 aromatic rings. The van der Waals surface area contributed by atoms with E-state index < -0.39 is 0 Å². The molecule has 78 valence electrons. The van der Waals surface area contributed by atoms with E-state index in [2.05, 4.69) is 41.7 Å². The third-order valence-electron chi connectivity index (χ3n) is 3.11. The average molecular weight is 192 g/mol. The number of hydrogen-bond donors (Lipinski definition) is 1. The number of nitrogens with zero attached hydrogens (tertiary/aromatic N) is 1. The molecule has 1 aliphatic carbocycles. The molecular formula is C12H20N2. The first-order valence-corrected chi connectivity index (χ1v) is 5.77. The smallest absolute Gasteiger partial charge is 0.0502 e. The molecule has 14 heavy (non-hydrogen) atoms. The van der Waals surface area contributed by atoms with Gasteiger partial charge in [-0.05, 0) is 6.42 Å². The Morgan fingerprint density at radius 2 is 2.14 bits per heavy atom. The summed E-state index contributed by atoms with van der Waals surface area (Å²) in [4.78, 5) is 0. The van der Waals surface area contributed by atoms with Gasteiger partial charge in [0.25, 0.3) is 0 Å². The summed E-state index contributed by atoms with van der Waals surface area (Å²) in [6.45, 7) is 4.55. The fourth-order valence-corrected chi connectivity index (χ4v) is 2.25. The van der Waals surface area contributed by atoms with Gasteiger partial charge < -0.3 is 0 Å². The molecule has 0 amide bonds. The quantitative estimate of drug-likeness (QED) is 0.686. The molecule has 0 radical (unpaired) electrons. The molecule has 0 saturated carbocycles. The lowest BCUT2D eigenvalue weighted by atomic mass is 9.97. The summed E-state index contributed by atoms with van der Waals surface area (Å²) in [5, 5.41) is 2.40. The largest absolute Gasteiger partial charge is 0.254 e. The van der Waals surface area contributed by atoms with Gasteiger partial charge in [0.15, 0.2) is 0 Å². The van der Waals surface area contributed by atoms with E-state index in [1.807, 2.05) is 0 Å². The Hall–Kier alpha value is -0.600. The second-order valence-corrected chi connectivity index (χ2v) is 4.19. The van der Waals surface area contributed by atoms with Crippen molar-refractivity contribution in [1.29, 1.82) is 0 Å². The van der Waals surface area contributed by atoms with Crippen LogP contribution < -0.4 is 5.43 Å². The molecule has 2 aliphatic rings. The maximum absolute atomic E-state index is 3.49. The van der Waals surface area contributed by atoms with Crippen molar-refractivity contribution in [3.05, 3.63) is 24.3 Å². The Bertz CT molecular complexity index is 232. The van der Waals surface area contributed by atoms with Gasteiger partial charge in [0, 0.05) is 19.0 Å². The van der Waals surface area contributed by atoms with Crippen molar-refractivity contribution < 1.29 is 0 Å². The van der Waals surface area contributed by atoms with Crippen molar-refractivity contribution in [2.75, 3.05) is 13.1 Å². The number of hydrogen-bond acceptors (Lipinski definition) is 2. The zero-order chi connectivity index (χ0) is 9.80. The minimum absolute atomic E-state index is 0.608. The van der Waals surface area contributed by atoms with Gasteiger partial charge in [-0.15, -0.1) is 0 Å². The normalized spacial score (nSPS) is 30.9. The van der Waals surface area contributed by atoms with Crippen LogP contribution in [0.4, 0.5) is 0 Å². The van der Waals surface area contributed by atoms with Gasteiger partial charge in [-0.25, -0.2) is 5.01 Å². The van der Waals surface area contributed by atoms with Crippen LogP contribution in [0.2, 0.25) is 0 Å². The Balaban J connectivity index is 1.83. The van der Waals surface area contributed by atoms with E-state index in [1.54, 1.807) is 0 Å². The molecule has 1 saturated heterocycles. The van der Waals surface area contributed by atoms with Crippen LogP contribution in [-0.2, 0) is 0 Å². The Morgan fingerprint density at radius 3 is 3.00 bits per heavy atom. The topological polar surface area (TPSA) is 15.3 Å². The van der Waals surface area contributed by atoms with Crippen molar-refractivity contribution in [2.45, 2.75) is 32.2 Å². The number of allylic oxidation sites excluding steroid dienone is 2. The van der Waals surface area contributed by atoms with Crippen molar-refractivity contribution in [3.63, 3.8) is 0 Å². The zero-order valence-corrected chi connectivity index (χ0v) is 8.95. The molecule has 0 aromatic heterocycles.